The van der Waals surface area contributed by atoms with Crippen molar-refractivity contribution in [3.63, 3.8) is 0 Å². The van der Waals surface area contributed by atoms with E-state index in [-0.39, 0.29) is 51.2 Å². The Morgan fingerprint density at radius 1 is 0.283 bits per heavy atom. The molecule has 145 heavy (non-hydrogen) atoms. The summed E-state index contributed by atoms with van der Waals surface area (Å²) in [5.41, 5.74) is 19.5. The van der Waals surface area contributed by atoms with Crippen molar-refractivity contribution < 1.29 is 96.9 Å². The van der Waals surface area contributed by atoms with Crippen molar-refractivity contribution in [2.24, 2.45) is 17.2 Å². The summed E-state index contributed by atoms with van der Waals surface area (Å²) in [6.07, 6.45) is 7.40. The number of carboxylic acid groups (broad SMARTS) is 4. The van der Waals surface area contributed by atoms with Crippen LogP contribution >= 0.6 is 537 Å². The third kappa shape index (κ3) is 56.4. The van der Waals surface area contributed by atoms with Crippen molar-refractivity contribution in [3.8, 4) is 86.2 Å². The summed E-state index contributed by atoms with van der Waals surface area (Å²) < 4.78 is 78.4. The van der Waals surface area contributed by atoms with Crippen molar-refractivity contribution in [1.29, 1.82) is 0 Å². The molecule has 10 aromatic rings. The fourth-order valence-electron chi connectivity index (χ4n) is 10.9. The second kappa shape index (κ2) is 81.1. The number of alkyl halides is 6. The summed E-state index contributed by atoms with van der Waals surface area (Å²) >= 11 is 71.7. The number of phenolic OH excluding ortho intramolecular Hbond substituents is 1. The predicted molar refractivity (Wildman–Crippen MR) is 762 cm³/mol. The zero-order valence-corrected chi connectivity index (χ0v) is 125. The molecule has 0 unspecified atom stereocenters. The first-order chi connectivity index (χ1) is 68.4. The van der Waals surface area contributed by atoms with Gasteiger partial charge in [0.1, 0.15) is 57.5 Å². The molecule has 0 aliphatic rings. The zero-order valence-electron chi connectivity index (χ0n) is 75.0. The minimum Gasteiger partial charge on any atom is -0.506 e. The van der Waals surface area contributed by atoms with Crippen LogP contribution in [0, 0.1) is 71.4 Å². The molecule has 796 valence electrons. The number of carboxylic acids is 4. The number of carbonyl (C=O) groups excluding carboxylic acids is 1. The number of nitrogens with two attached hydrogens (primary N) is 3. The molecule has 12 N–H and O–H groups in total. The van der Waals surface area contributed by atoms with Crippen LogP contribution in [0.5, 0.6) is 86.2 Å². The van der Waals surface area contributed by atoms with Gasteiger partial charge in [-0.15, -0.1) is 46.4 Å². The lowest BCUT2D eigenvalue weighted by molar-refractivity contribution is -0.143. The van der Waals surface area contributed by atoms with E-state index < -0.39 is 23.9 Å². The molecule has 0 saturated carbocycles. The number of phenols is 1. The van der Waals surface area contributed by atoms with Gasteiger partial charge in [0.05, 0.1) is 137 Å². The quantitative estimate of drug-likeness (QED) is 0.00740. The SMILES string of the molecule is C.ClCCCBr.NCCCN.NCCCNCCCOc1c(I)cc(Oc2c(I)cc(CC(=O)O)cc2I)cc1I.O=C(Cc1cc(I)c(Oc2cc(I)c(OCCCCl)c(I)c2)c(I)c1)OCCCCl.O=C(O)Cc1cc(I)c(Oc2cc(I)c(O)c(I)c2)c(I)c1.O=C(O)Cc1cc(I)c(Oc2cc(I)c(OCCCCl)c(I)c2)c(I)c1.O=C(O)Cc1cc(I)c(Oc2cc(I)c(OCCCI)c(I)c2)c(I)c1. The average molecular weight is 4500 g/mol. The molecule has 0 aliphatic heterocycles. The highest BCUT2D eigenvalue weighted by Crippen LogP contribution is 2.45. The molecule has 0 bridgehead atoms. The number of esters is 1. The van der Waals surface area contributed by atoms with Crippen molar-refractivity contribution in [2.45, 2.75) is 90.9 Å². The highest BCUT2D eigenvalue weighted by molar-refractivity contribution is 14.1. The fraction of sp³-hybridized carbons (Fsp3) is 0.316. The van der Waals surface area contributed by atoms with Gasteiger partial charge >= 0.3 is 29.8 Å². The molecular formula is C95H94BrCl4I21N4O20. The van der Waals surface area contributed by atoms with Gasteiger partial charge in [-0.05, 0) is 685 Å². The van der Waals surface area contributed by atoms with Crippen molar-refractivity contribution >= 4 is 567 Å². The molecule has 50 heteroatoms. The van der Waals surface area contributed by atoms with E-state index in [1.807, 2.05) is 109 Å². The first-order valence-corrected chi connectivity index (χ1v) is 68.4. The first-order valence-electron chi connectivity index (χ1n) is 42.0. The van der Waals surface area contributed by atoms with Crippen LogP contribution in [0.25, 0.3) is 0 Å². The highest BCUT2D eigenvalue weighted by atomic mass is 127. The zero-order chi connectivity index (χ0) is 107. The van der Waals surface area contributed by atoms with Crippen LogP contribution in [0.4, 0.5) is 0 Å². The Kier molecular flexibility index (Phi) is 80.2. The Morgan fingerprint density at radius 2 is 0.490 bits per heavy atom. The van der Waals surface area contributed by atoms with Gasteiger partial charge in [-0.25, -0.2) is 0 Å². The normalized spacial score (nSPS) is 10.5. The molecule has 0 spiro atoms. The number of nitrogens with one attached hydrogen (secondary N) is 1. The van der Waals surface area contributed by atoms with E-state index in [0.717, 1.165) is 242 Å². The number of rotatable bonds is 47. The number of carbonyl (C=O) groups is 5. The summed E-state index contributed by atoms with van der Waals surface area (Å²) in [5.74, 6) is 9.63. The van der Waals surface area contributed by atoms with Crippen LogP contribution in [0.3, 0.4) is 0 Å². The summed E-state index contributed by atoms with van der Waals surface area (Å²) in [6.45, 7) is 6.85. The van der Waals surface area contributed by atoms with Gasteiger partial charge in [0.15, 0.2) is 28.7 Å². The molecule has 0 amide bonds. The Balaban J connectivity index is 0.000000455. The molecule has 0 aliphatic carbocycles. The molecule has 24 nitrogen and oxygen atoms in total. The van der Waals surface area contributed by atoms with E-state index in [1.54, 1.807) is 12.1 Å². The molecule has 0 heterocycles. The van der Waals surface area contributed by atoms with Crippen LogP contribution in [0.15, 0.2) is 121 Å². The topological polar surface area (TPSA) is 369 Å². The number of hydrogen-bond acceptors (Lipinski definition) is 20. The Morgan fingerprint density at radius 3 is 0.697 bits per heavy atom. The number of hydrogen-bond donors (Lipinski definition) is 9. The van der Waals surface area contributed by atoms with Crippen LogP contribution in [-0.4, -0.2) is 154 Å². The Bertz CT molecular complexity index is 5490. The van der Waals surface area contributed by atoms with Crippen LogP contribution in [-0.2, 0) is 60.8 Å². The van der Waals surface area contributed by atoms with Gasteiger partial charge in [0, 0.05) is 33.3 Å². The van der Waals surface area contributed by atoms with Gasteiger partial charge in [-0.1, -0.05) is 45.9 Å². The van der Waals surface area contributed by atoms with Crippen molar-refractivity contribution in [1.82, 2.24) is 5.32 Å². The van der Waals surface area contributed by atoms with Gasteiger partial charge in [-0.3, -0.25) is 24.0 Å². The third-order valence-electron chi connectivity index (χ3n) is 17.1. The van der Waals surface area contributed by atoms with Crippen LogP contribution < -0.4 is 65.1 Å². The van der Waals surface area contributed by atoms with E-state index in [9.17, 15) is 29.1 Å². The molecule has 10 rings (SSSR count). The second-order valence-corrected chi connectivity index (χ2v) is 55.3. The molecule has 0 fully saturated rings. The smallest absolute Gasteiger partial charge is 0.310 e. The van der Waals surface area contributed by atoms with Gasteiger partial charge in [0.2, 0.25) is 0 Å². The van der Waals surface area contributed by atoms with Crippen LogP contribution in [0.2, 0.25) is 0 Å². The molecule has 0 aromatic heterocycles. The largest absolute Gasteiger partial charge is 0.506 e. The standard InChI is InChI=1S/C20H18Cl2I4O4.C20H22I4N2O4.C17H13ClI4O4.C17H13I5O4.C14H8I4O4.C3H6BrCl.C3H10N2.CH4/c21-3-1-5-28-18(27)9-12-7-14(23)20(15(24)8-12)30-13-10-16(25)19(17(26)11-13)29-6-2-4-22;21-14-7-12(9-18(27)28)8-15(22)20(14)30-13-10-16(23)19(17(24)11-13)29-6-2-5-26-4-1-3-25;2*18-2-1-3-25-16-13(21)7-10(8-14(16)22)26-17-11(19)4-9(5-12(17)20)6-15(23)24;15-8-4-7(5-9(16)13(8)21)22-14-10(17)1-6(2-11(14)18)3-12(19)20;2*4-2-1-3-5;/h7-8,10-11H,1-6,9H2;7-8,10-11,26H,1-6,9,25H2,(H,27,28);2*4-5,7-8H,1-3,6H2,(H,23,24);1-2,4-5,21H,3H2,(H,19,20);1-3H2;1-5H2;1H4. The maximum Gasteiger partial charge on any atom is 0.310 e. The van der Waals surface area contributed by atoms with E-state index in [1.165, 1.54) is 0 Å². The minimum atomic E-state index is -0.858. The number of ether oxygens (including phenoxy) is 10. The summed E-state index contributed by atoms with van der Waals surface area (Å²) in [6, 6.07) is 37.7. The molecule has 0 saturated heterocycles. The Labute approximate surface area is 1160 Å². The average Bonchev–Trinajstić information content (AvgIpc) is 0.821. The van der Waals surface area contributed by atoms with E-state index in [4.69, 9.17) is 131 Å². The number of aromatic hydroxyl groups is 1. The minimum absolute atomic E-state index is 0. The van der Waals surface area contributed by atoms with Gasteiger partial charge in [0.25, 0.3) is 0 Å². The summed E-state index contributed by atoms with van der Waals surface area (Å²) in [7, 11) is 0. The molecule has 0 radical (unpaired) electrons. The summed E-state index contributed by atoms with van der Waals surface area (Å²) in [5, 5.41) is 50.0. The van der Waals surface area contributed by atoms with E-state index in [0.29, 0.717) is 88.0 Å². The predicted octanol–water partition coefficient (Wildman–Crippen LogP) is 33.3. The second-order valence-electron chi connectivity index (χ2n) is 28.7. The lowest BCUT2D eigenvalue weighted by Crippen LogP contribution is -2.21. The lowest BCUT2D eigenvalue weighted by Gasteiger charge is -2.15. The monoisotopic (exact) mass is 4490 g/mol. The maximum absolute atomic E-state index is 12.0. The third-order valence-corrected chi connectivity index (χ3v) is 35.6. The number of aliphatic carboxylic acids is 4. The van der Waals surface area contributed by atoms with Crippen molar-refractivity contribution in [3.05, 3.63) is 221 Å². The van der Waals surface area contributed by atoms with Gasteiger partial charge in [-0.2, -0.15) is 0 Å². The lowest BCUT2D eigenvalue weighted by atomic mass is 10.1. The van der Waals surface area contributed by atoms with E-state index in [2.05, 4.69) is 496 Å². The van der Waals surface area contributed by atoms with Crippen LogP contribution in [0.1, 0.15) is 86.6 Å². The Hall–Kier alpha value is 4.36. The molecule has 0 atom stereocenters. The summed E-state index contributed by atoms with van der Waals surface area (Å²) in [4.78, 5) is 55.6. The fourth-order valence-corrected chi connectivity index (χ4v) is 32.7. The maximum atomic E-state index is 12.0. The number of benzene rings is 10. The molecular weight excluding hydrogens is 4400 g/mol. The number of halogens is 26. The highest BCUT2D eigenvalue weighted by Gasteiger charge is 2.24. The first kappa shape index (κ1) is 143. The molecule has 10 aromatic carbocycles. The van der Waals surface area contributed by atoms with Crippen molar-refractivity contribution in [2.75, 3.05) is 99.0 Å². The van der Waals surface area contributed by atoms with E-state index >= 15 is 0 Å². The van der Waals surface area contributed by atoms with Gasteiger partial charge < -0.3 is 95.4 Å².